The summed E-state index contributed by atoms with van der Waals surface area (Å²) in [4.78, 5) is 16.5. The van der Waals surface area contributed by atoms with Crippen LogP contribution in [0.4, 0.5) is 5.69 Å². The fourth-order valence-electron chi connectivity index (χ4n) is 4.58. The van der Waals surface area contributed by atoms with Gasteiger partial charge in [0.2, 0.25) is 0 Å². The van der Waals surface area contributed by atoms with Crippen molar-refractivity contribution in [2.75, 3.05) is 11.4 Å². The number of aromatic nitrogens is 5. The van der Waals surface area contributed by atoms with Crippen molar-refractivity contribution in [3.63, 3.8) is 0 Å². The van der Waals surface area contributed by atoms with E-state index in [1.807, 2.05) is 30.1 Å². The van der Waals surface area contributed by atoms with Gasteiger partial charge >= 0.3 is 0 Å². The molecule has 0 amide bonds. The highest BCUT2D eigenvalue weighted by Crippen LogP contribution is 2.34. The molecule has 7 heteroatoms. The number of halogens is 1. The van der Waals surface area contributed by atoms with Gasteiger partial charge in [-0.25, -0.2) is 9.97 Å². The molecule has 0 spiro atoms. The van der Waals surface area contributed by atoms with E-state index in [0.29, 0.717) is 11.1 Å². The van der Waals surface area contributed by atoms with E-state index in [-0.39, 0.29) is 0 Å². The normalized spacial score (nSPS) is 13.6. The smallest absolute Gasteiger partial charge is 0.147 e. The Bertz CT molecular complexity index is 1270. The number of rotatable bonds is 4. The molecular formula is C25H27ClN6. The standard InChI is InChI=1S/C25H27ClN6/c1-16(2)23-20(6-5-11-27-23)24-21-14-31(12-13-32(21)17(3)28-24)19-9-7-18(8-10-19)25-29-22(26)15-30(25)4/h5-11,15-16H,12-14H2,1-4H3. The summed E-state index contributed by atoms with van der Waals surface area (Å²) in [5.41, 5.74) is 6.80. The number of imidazole rings is 2. The predicted molar refractivity (Wildman–Crippen MR) is 129 cm³/mol. The third-order valence-corrected chi connectivity index (χ3v) is 6.36. The molecule has 5 rings (SSSR count). The van der Waals surface area contributed by atoms with Crippen LogP contribution in [0.2, 0.25) is 5.15 Å². The third-order valence-electron chi connectivity index (χ3n) is 6.18. The van der Waals surface area contributed by atoms with Gasteiger partial charge < -0.3 is 14.0 Å². The van der Waals surface area contributed by atoms with Gasteiger partial charge in [0.05, 0.1) is 23.6 Å². The largest absolute Gasteiger partial charge is 0.364 e. The Hall–Kier alpha value is -3.12. The van der Waals surface area contributed by atoms with Crippen LogP contribution in [0.1, 0.15) is 37.0 Å². The summed E-state index contributed by atoms with van der Waals surface area (Å²) in [5, 5.41) is 0.509. The minimum absolute atomic E-state index is 0.343. The van der Waals surface area contributed by atoms with Crippen LogP contribution in [0, 0.1) is 6.92 Å². The van der Waals surface area contributed by atoms with Crippen molar-refractivity contribution in [1.29, 1.82) is 0 Å². The third kappa shape index (κ3) is 3.58. The van der Waals surface area contributed by atoms with E-state index in [1.54, 1.807) is 0 Å². The average Bonchev–Trinajstić information content (AvgIpc) is 3.31. The van der Waals surface area contributed by atoms with Crippen LogP contribution in [0.25, 0.3) is 22.6 Å². The van der Waals surface area contributed by atoms with Crippen molar-refractivity contribution in [2.24, 2.45) is 7.05 Å². The van der Waals surface area contributed by atoms with Crippen LogP contribution in [0.15, 0.2) is 48.8 Å². The average molecular weight is 447 g/mol. The maximum Gasteiger partial charge on any atom is 0.147 e. The molecule has 1 aromatic carbocycles. The van der Waals surface area contributed by atoms with Gasteiger partial charge in [0.1, 0.15) is 16.8 Å². The van der Waals surface area contributed by atoms with Crippen LogP contribution < -0.4 is 4.90 Å². The van der Waals surface area contributed by atoms with Crippen LogP contribution in [0.3, 0.4) is 0 Å². The molecule has 0 bridgehead atoms. The number of fused-ring (bicyclic) bond motifs is 1. The van der Waals surface area contributed by atoms with Crippen LogP contribution in [0.5, 0.6) is 0 Å². The maximum absolute atomic E-state index is 6.06. The second-order valence-electron chi connectivity index (χ2n) is 8.66. The molecule has 1 aliphatic heterocycles. The van der Waals surface area contributed by atoms with Crippen LogP contribution in [-0.2, 0) is 20.1 Å². The monoisotopic (exact) mass is 446 g/mol. The van der Waals surface area contributed by atoms with Gasteiger partial charge in [-0.2, -0.15) is 0 Å². The molecular weight excluding hydrogens is 420 g/mol. The van der Waals surface area contributed by atoms with E-state index in [4.69, 9.17) is 16.6 Å². The van der Waals surface area contributed by atoms with Crippen molar-refractivity contribution < 1.29 is 0 Å². The predicted octanol–water partition coefficient (Wildman–Crippen LogP) is 5.45. The molecule has 0 unspecified atom stereocenters. The number of hydrogen-bond donors (Lipinski definition) is 0. The summed E-state index contributed by atoms with van der Waals surface area (Å²) in [5.74, 6) is 2.28. The van der Waals surface area contributed by atoms with Gasteiger partial charge in [0.25, 0.3) is 0 Å². The Morgan fingerprint density at radius 3 is 2.50 bits per heavy atom. The zero-order valence-electron chi connectivity index (χ0n) is 18.9. The Morgan fingerprint density at radius 1 is 1.03 bits per heavy atom. The molecule has 0 fully saturated rings. The molecule has 164 valence electrons. The van der Waals surface area contributed by atoms with E-state index >= 15 is 0 Å². The molecule has 6 nitrogen and oxygen atoms in total. The molecule has 4 heterocycles. The lowest BCUT2D eigenvalue weighted by Gasteiger charge is -2.31. The SMILES string of the molecule is Cc1nc(-c2cccnc2C(C)C)c2n1CCN(c1ccc(-c3nc(Cl)cn3C)cc1)C2. The lowest BCUT2D eigenvalue weighted by Crippen LogP contribution is -2.34. The lowest BCUT2D eigenvalue weighted by molar-refractivity contribution is 0.560. The molecule has 0 saturated heterocycles. The first-order valence-corrected chi connectivity index (χ1v) is 11.4. The molecule has 32 heavy (non-hydrogen) atoms. The van der Waals surface area contributed by atoms with Crippen molar-refractivity contribution >= 4 is 17.3 Å². The van der Waals surface area contributed by atoms with Crippen molar-refractivity contribution in [1.82, 2.24) is 24.1 Å². The number of benzene rings is 1. The lowest BCUT2D eigenvalue weighted by atomic mass is 10.00. The summed E-state index contributed by atoms with van der Waals surface area (Å²) in [6, 6.07) is 12.7. The number of hydrogen-bond acceptors (Lipinski definition) is 4. The highest BCUT2D eigenvalue weighted by molar-refractivity contribution is 6.29. The van der Waals surface area contributed by atoms with Crippen molar-refractivity contribution in [2.45, 2.75) is 39.8 Å². The summed E-state index contributed by atoms with van der Waals surface area (Å²) in [6.45, 7) is 9.15. The van der Waals surface area contributed by atoms with E-state index in [9.17, 15) is 0 Å². The minimum atomic E-state index is 0.343. The highest BCUT2D eigenvalue weighted by atomic mass is 35.5. The summed E-state index contributed by atoms with van der Waals surface area (Å²) in [6.07, 6.45) is 3.70. The van der Waals surface area contributed by atoms with Crippen LogP contribution >= 0.6 is 11.6 Å². The van der Waals surface area contributed by atoms with Crippen molar-refractivity contribution in [3.05, 3.63) is 71.2 Å². The summed E-state index contributed by atoms with van der Waals surface area (Å²) >= 11 is 6.06. The van der Waals surface area contributed by atoms with E-state index in [1.165, 1.54) is 11.4 Å². The molecule has 0 atom stereocenters. The van der Waals surface area contributed by atoms with Crippen LogP contribution in [-0.4, -0.2) is 30.6 Å². The van der Waals surface area contributed by atoms with E-state index in [0.717, 1.165) is 53.8 Å². The van der Waals surface area contributed by atoms with Gasteiger partial charge in [-0.3, -0.25) is 4.98 Å². The van der Waals surface area contributed by atoms with Gasteiger partial charge in [-0.1, -0.05) is 25.4 Å². The quantitative estimate of drug-likeness (QED) is 0.418. The maximum atomic E-state index is 6.06. The van der Waals surface area contributed by atoms with Gasteiger partial charge in [0, 0.05) is 49.3 Å². The Labute approximate surface area is 193 Å². The topological polar surface area (TPSA) is 51.8 Å². The second kappa shape index (κ2) is 8.10. The molecule has 0 saturated carbocycles. The fraction of sp³-hybridized carbons (Fsp3) is 0.320. The number of anilines is 1. The van der Waals surface area contributed by atoms with E-state index in [2.05, 4.69) is 70.5 Å². The second-order valence-corrected chi connectivity index (χ2v) is 9.05. The Kier molecular flexibility index (Phi) is 5.25. The minimum Gasteiger partial charge on any atom is -0.364 e. The molecule has 4 aromatic rings. The highest BCUT2D eigenvalue weighted by Gasteiger charge is 2.25. The van der Waals surface area contributed by atoms with Crippen molar-refractivity contribution in [3.8, 4) is 22.6 Å². The molecule has 0 radical (unpaired) electrons. The number of aryl methyl sites for hydroxylation is 2. The Morgan fingerprint density at radius 2 is 1.81 bits per heavy atom. The zero-order valence-corrected chi connectivity index (χ0v) is 19.6. The number of pyridine rings is 1. The first kappa shape index (κ1) is 20.8. The first-order chi connectivity index (χ1) is 15.4. The molecule has 1 aliphatic rings. The fourth-order valence-corrected chi connectivity index (χ4v) is 4.81. The van der Waals surface area contributed by atoms with E-state index < -0.39 is 0 Å². The van der Waals surface area contributed by atoms with Gasteiger partial charge in [0.15, 0.2) is 0 Å². The molecule has 0 aliphatic carbocycles. The zero-order chi connectivity index (χ0) is 22.4. The first-order valence-electron chi connectivity index (χ1n) is 11.0. The summed E-state index contributed by atoms with van der Waals surface area (Å²) in [7, 11) is 1.96. The summed E-state index contributed by atoms with van der Waals surface area (Å²) < 4.78 is 4.30. The van der Waals surface area contributed by atoms with Gasteiger partial charge in [-0.15, -0.1) is 0 Å². The Balaban J connectivity index is 1.47. The van der Waals surface area contributed by atoms with Gasteiger partial charge in [-0.05, 0) is 49.2 Å². The number of nitrogens with zero attached hydrogens (tertiary/aromatic N) is 6. The molecule has 0 N–H and O–H groups in total. The molecule has 3 aromatic heterocycles.